The topological polar surface area (TPSA) is 18.5 Å². The molecule has 0 spiro atoms. The van der Waals surface area contributed by atoms with E-state index in [2.05, 4.69) is 53.2 Å². The van der Waals surface area contributed by atoms with E-state index in [0.717, 1.165) is 26.2 Å². The van der Waals surface area contributed by atoms with Crippen LogP contribution in [-0.4, -0.2) is 39.3 Å². The summed E-state index contributed by atoms with van der Waals surface area (Å²) in [6.45, 7) is 11.4. The number of hydrogen-bond acceptors (Lipinski definition) is 3. The predicted octanol–water partition coefficient (Wildman–Crippen LogP) is 5.49. The molecule has 1 aromatic carbocycles. The molecule has 1 aliphatic rings. The van der Waals surface area contributed by atoms with Crippen molar-refractivity contribution >= 4 is 23.8 Å². The van der Waals surface area contributed by atoms with E-state index in [1.165, 1.54) is 75.8 Å². The van der Waals surface area contributed by atoms with Crippen LogP contribution in [0.4, 0.5) is 11.4 Å². The third kappa shape index (κ3) is 8.18. The Balaban J connectivity index is 0.00000338. The molecule has 0 amide bonds. The average molecular weight is 382 g/mol. The minimum Gasteiger partial charge on any atom is -0.372 e. The molecule has 0 bridgehead atoms. The summed E-state index contributed by atoms with van der Waals surface area (Å²) in [4.78, 5) is 5.11. The van der Waals surface area contributed by atoms with Crippen molar-refractivity contribution in [1.82, 2.24) is 5.32 Å². The molecule has 1 aromatic rings. The highest BCUT2D eigenvalue weighted by Gasteiger charge is 2.11. The highest BCUT2D eigenvalue weighted by Crippen LogP contribution is 2.22. The zero-order valence-corrected chi connectivity index (χ0v) is 17.8. The first-order valence-electron chi connectivity index (χ1n) is 10.7. The molecule has 1 aliphatic heterocycles. The maximum atomic E-state index is 3.43. The van der Waals surface area contributed by atoms with Gasteiger partial charge in [-0.25, -0.2) is 0 Å². The van der Waals surface area contributed by atoms with Crippen molar-refractivity contribution in [3.63, 3.8) is 0 Å². The van der Waals surface area contributed by atoms with Gasteiger partial charge in [-0.2, -0.15) is 0 Å². The van der Waals surface area contributed by atoms with Crippen LogP contribution in [0.2, 0.25) is 0 Å². The zero-order chi connectivity index (χ0) is 17.7. The summed E-state index contributed by atoms with van der Waals surface area (Å²) in [6.07, 6.45) is 10.7. The van der Waals surface area contributed by atoms with Crippen molar-refractivity contribution in [1.29, 1.82) is 0 Å². The summed E-state index contributed by atoms with van der Waals surface area (Å²) in [5.41, 5.74) is 2.79. The summed E-state index contributed by atoms with van der Waals surface area (Å²) in [6, 6.07) is 9.34. The number of nitrogens with zero attached hydrogens (tertiary/aromatic N) is 2. The van der Waals surface area contributed by atoms with Gasteiger partial charge in [-0.3, -0.25) is 0 Å². The van der Waals surface area contributed by atoms with Gasteiger partial charge in [-0.15, -0.1) is 12.4 Å². The van der Waals surface area contributed by atoms with Crippen LogP contribution < -0.4 is 15.1 Å². The third-order valence-corrected chi connectivity index (χ3v) is 5.26. The van der Waals surface area contributed by atoms with Crippen LogP contribution in [0, 0.1) is 0 Å². The summed E-state index contributed by atoms with van der Waals surface area (Å²) in [5.74, 6) is 0. The number of anilines is 2. The van der Waals surface area contributed by atoms with Gasteiger partial charge in [0.05, 0.1) is 0 Å². The number of hydrogen-bond donors (Lipinski definition) is 1. The Labute approximate surface area is 167 Å². The maximum Gasteiger partial charge on any atom is 0.0368 e. The van der Waals surface area contributed by atoms with E-state index in [0.29, 0.717) is 0 Å². The van der Waals surface area contributed by atoms with E-state index in [1.54, 1.807) is 0 Å². The fraction of sp³-hybridized carbons (Fsp3) is 0.727. The molecule has 1 N–H and O–H groups in total. The summed E-state index contributed by atoms with van der Waals surface area (Å²) >= 11 is 0. The molecule has 1 fully saturated rings. The minimum atomic E-state index is 0. The molecule has 0 unspecified atom stereocenters. The maximum absolute atomic E-state index is 3.43. The Morgan fingerprint density at radius 2 is 1.35 bits per heavy atom. The monoisotopic (exact) mass is 381 g/mol. The normalized spacial score (nSPS) is 14.2. The number of halogens is 1. The Morgan fingerprint density at radius 1 is 0.808 bits per heavy atom. The highest BCUT2D eigenvalue weighted by molar-refractivity contribution is 5.85. The first-order valence-corrected chi connectivity index (χ1v) is 10.7. The van der Waals surface area contributed by atoms with Gasteiger partial charge in [0.15, 0.2) is 0 Å². The zero-order valence-electron chi connectivity index (χ0n) is 17.0. The lowest BCUT2D eigenvalue weighted by atomic mass is 10.1. The van der Waals surface area contributed by atoms with Gasteiger partial charge in [-0.05, 0) is 37.1 Å². The van der Waals surface area contributed by atoms with Crippen LogP contribution in [-0.2, 0) is 0 Å². The largest absolute Gasteiger partial charge is 0.372 e. The molecule has 1 saturated heterocycles. The van der Waals surface area contributed by atoms with Crippen molar-refractivity contribution in [2.24, 2.45) is 0 Å². The van der Waals surface area contributed by atoms with E-state index in [9.17, 15) is 0 Å². The number of nitrogens with one attached hydrogen (secondary N) is 1. The quantitative estimate of drug-likeness (QED) is 0.483. The van der Waals surface area contributed by atoms with E-state index >= 15 is 0 Å². The molecule has 150 valence electrons. The minimum absolute atomic E-state index is 0. The summed E-state index contributed by atoms with van der Waals surface area (Å²) in [7, 11) is 0. The fourth-order valence-electron chi connectivity index (χ4n) is 3.63. The van der Waals surface area contributed by atoms with Crippen molar-refractivity contribution in [3.05, 3.63) is 24.3 Å². The van der Waals surface area contributed by atoms with E-state index in [4.69, 9.17) is 0 Å². The average Bonchev–Trinajstić information content (AvgIpc) is 2.68. The highest BCUT2D eigenvalue weighted by atomic mass is 35.5. The van der Waals surface area contributed by atoms with Gasteiger partial charge in [0.1, 0.15) is 0 Å². The van der Waals surface area contributed by atoms with Crippen LogP contribution in [0.1, 0.15) is 65.2 Å². The van der Waals surface area contributed by atoms with Crippen LogP contribution in [0.5, 0.6) is 0 Å². The molecule has 0 atom stereocenters. The number of benzene rings is 1. The van der Waals surface area contributed by atoms with Crippen molar-refractivity contribution in [2.45, 2.75) is 65.2 Å². The Bertz CT molecular complexity index is 431. The second-order valence-corrected chi connectivity index (χ2v) is 7.36. The first kappa shape index (κ1) is 23.1. The van der Waals surface area contributed by atoms with E-state index in [1.807, 2.05) is 0 Å². The van der Waals surface area contributed by atoms with Crippen LogP contribution in [0.3, 0.4) is 0 Å². The molecule has 0 radical (unpaired) electrons. The molecule has 1 heterocycles. The smallest absolute Gasteiger partial charge is 0.0368 e. The lowest BCUT2D eigenvalue weighted by molar-refractivity contribution is 0.589. The van der Waals surface area contributed by atoms with Gasteiger partial charge in [0, 0.05) is 50.6 Å². The molecular formula is C22H40ClN3. The van der Waals surface area contributed by atoms with Gasteiger partial charge < -0.3 is 15.1 Å². The van der Waals surface area contributed by atoms with E-state index in [-0.39, 0.29) is 12.4 Å². The fourth-order valence-corrected chi connectivity index (χ4v) is 3.63. The van der Waals surface area contributed by atoms with E-state index < -0.39 is 0 Å². The standard InChI is InChI=1S/C22H39N3.ClH/c1-3-5-7-9-17-24(18-10-8-6-4-2)21-11-13-22(14-12-21)25-19-15-23-16-20-25;/h11-14,23H,3-10,15-20H2,1-2H3;1H. The Morgan fingerprint density at radius 3 is 1.85 bits per heavy atom. The molecule has 26 heavy (non-hydrogen) atoms. The Kier molecular flexibility index (Phi) is 12.6. The first-order chi connectivity index (χ1) is 12.3. The lowest BCUT2D eigenvalue weighted by Crippen LogP contribution is -2.43. The molecule has 0 saturated carbocycles. The molecular weight excluding hydrogens is 342 g/mol. The summed E-state index contributed by atoms with van der Waals surface area (Å²) < 4.78 is 0. The second-order valence-electron chi connectivity index (χ2n) is 7.36. The van der Waals surface area contributed by atoms with Gasteiger partial charge in [0.2, 0.25) is 0 Å². The number of piperazine rings is 1. The van der Waals surface area contributed by atoms with Gasteiger partial charge >= 0.3 is 0 Å². The second kappa shape index (κ2) is 14.2. The third-order valence-electron chi connectivity index (χ3n) is 5.26. The summed E-state index contributed by atoms with van der Waals surface area (Å²) in [5, 5.41) is 3.43. The lowest BCUT2D eigenvalue weighted by Gasteiger charge is -2.30. The van der Waals surface area contributed by atoms with Crippen LogP contribution in [0.25, 0.3) is 0 Å². The number of unbranched alkanes of at least 4 members (excludes halogenated alkanes) is 6. The molecule has 0 aromatic heterocycles. The molecule has 2 rings (SSSR count). The van der Waals surface area contributed by atoms with Crippen LogP contribution >= 0.6 is 12.4 Å². The van der Waals surface area contributed by atoms with Crippen LogP contribution in [0.15, 0.2) is 24.3 Å². The van der Waals surface area contributed by atoms with Crippen molar-refractivity contribution in [3.8, 4) is 0 Å². The SMILES string of the molecule is CCCCCCN(CCCCCC)c1ccc(N2CCNCC2)cc1.Cl. The molecule has 3 nitrogen and oxygen atoms in total. The van der Waals surface area contributed by atoms with Gasteiger partial charge in [-0.1, -0.05) is 52.4 Å². The van der Waals surface area contributed by atoms with Gasteiger partial charge in [0.25, 0.3) is 0 Å². The Hall–Kier alpha value is -0.930. The predicted molar refractivity (Wildman–Crippen MR) is 119 cm³/mol. The van der Waals surface area contributed by atoms with Crippen molar-refractivity contribution in [2.75, 3.05) is 49.1 Å². The molecule has 0 aliphatic carbocycles. The van der Waals surface area contributed by atoms with Crippen molar-refractivity contribution < 1.29 is 0 Å². The number of rotatable bonds is 12. The molecule has 4 heteroatoms.